The number of para-hydroxylation sites is 1. The van der Waals surface area contributed by atoms with Crippen molar-refractivity contribution in [3.63, 3.8) is 0 Å². The molecule has 0 saturated heterocycles. The van der Waals surface area contributed by atoms with Gasteiger partial charge in [0, 0.05) is 5.69 Å². The largest absolute Gasteiger partial charge is 0.457 e. The Morgan fingerprint density at radius 3 is 2.57 bits per heavy atom. The standard InChI is InChI=1S/C18H21NO4/c1-4-12(2)14-8-5-6-9-15(14)19-17(20)13(3)23-18(21)16-10-7-11-22-16/h5-13H,4H2,1-3H3,(H,19,20)/t12-,13-/m0/s1. The molecule has 1 aromatic carbocycles. The van der Waals surface area contributed by atoms with E-state index in [1.807, 2.05) is 24.3 Å². The minimum atomic E-state index is -0.919. The van der Waals surface area contributed by atoms with Gasteiger partial charge in [-0.1, -0.05) is 32.0 Å². The average Bonchev–Trinajstić information content (AvgIpc) is 3.09. The zero-order valence-electron chi connectivity index (χ0n) is 13.5. The summed E-state index contributed by atoms with van der Waals surface area (Å²) in [5.74, 6) is -0.634. The van der Waals surface area contributed by atoms with Crippen LogP contribution in [0.2, 0.25) is 0 Å². The summed E-state index contributed by atoms with van der Waals surface area (Å²) in [5, 5.41) is 2.83. The van der Waals surface area contributed by atoms with Gasteiger partial charge in [-0.15, -0.1) is 0 Å². The van der Waals surface area contributed by atoms with E-state index in [0.29, 0.717) is 5.92 Å². The summed E-state index contributed by atoms with van der Waals surface area (Å²) in [6.07, 6.45) is 1.43. The maximum atomic E-state index is 12.3. The van der Waals surface area contributed by atoms with E-state index in [0.717, 1.165) is 17.7 Å². The second kappa shape index (κ2) is 7.63. The Kier molecular flexibility index (Phi) is 5.57. The van der Waals surface area contributed by atoms with Crippen LogP contribution in [0.3, 0.4) is 0 Å². The second-order valence-electron chi connectivity index (χ2n) is 5.41. The van der Waals surface area contributed by atoms with Gasteiger partial charge in [0.05, 0.1) is 6.26 Å². The van der Waals surface area contributed by atoms with E-state index >= 15 is 0 Å². The van der Waals surface area contributed by atoms with E-state index in [-0.39, 0.29) is 11.7 Å². The Hall–Kier alpha value is -2.56. The van der Waals surface area contributed by atoms with E-state index in [1.54, 1.807) is 6.07 Å². The molecule has 1 N–H and O–H groups in total. The number of carbonyl (C=O) groups is 2. The van der Waals surface area contributed by atoms with Crippen LogP contribution in [-0.4, -0.2) is 18.0 Å². The van der Waals surface area contributed by atoms with E-state index < -0.39 is 12.1 Å². The van der Waals surface area contributed by atoms with Gasteiger partial charge >= 0.3 is 5.97 Å². The van der Waals surface area contributed by atoms with Crippen molar-refractivity contribution < 1.29 is 18.7 Å². The molecule has 0 unspecified atom stereocenters. The van der Waals surface area contributed by atoms with Crippen LogP contribution in [0.15, 0.2) is 47.1 Å². The van der Waals surface area contributed by atoms with E-state index in [4.69, 9.17) is 9.15 Å². The summed E-state index contributed by atoms with van der Waals surface area (Å²) in [4.78, 5) is 24.1. The number of nitrogens with one attached hydrogen (secondary N) is 1. The van der Waals surface area contributed by atoms with Gasteiger partial charge in [0.1, 0.15) is 0 Å². The molecule has 0 aliphatic carbocycles. The maximum absolute atomic E-state index is 12.3. The van der Waals surface area contributed by atoms with Crippen molar-refractivity contribution in [1.82, 2.24) is 0 Å². The Morgan fingerprint density at radius 2 is 1.91 bits per heavy atom. The van der Waals surface area contributed by atoms with E-state index in [1.165, 1.54) is 19.3 Å². The highest BCUT2D eigenvalue weighted by Gasteiger charge is 2.21. The summed E-state index contributed by atoms with van der Waals surface area (Å²) >= 11 is 0. The van der Waals surface area contributed by atoms with E-state index in [2.05, 4.69) is 19.2 Å². The highest BCUT2D eigenvalue weighted by Crippen LogP contribution is 2.26. The van der Waals surface area contributed by atoms with Crippen LogP contribution in [0, 0.1) is 0 Å². The number of hydrogen-bond acceptors (Lipinski definition) is 4. The van der Waals surface area contributed by atoms with Crippen LogP contribution in [-0.2, 0) is 9.53 Å². The van der Waals surface area contributed by atoms with Gasteiger partial charge in [0.25, 0.3) is 5.91 Å². The third kappa shape index (κ3) is 4.22. The average molecular weight is 315 g/mol. The highest BCUT2D eigenvalue weighted by molar-refractivity contribution is 5.97. The predicted octanol–water partition coefficient (Wildman–Crippen LogP) is 3.98. The molecule has 2 aromatic rings. The fourth-order valence-corrected chi connectivity index (χ4v) is 2.16. The van der Waals surface area contributed by atoms with Crippen molar-refractivity contribution in [3.05, 3.63) is 54.0 Å². The second-order valence-corrected chi connectivity index (χ2v) is 5.41. The number of ether oxygens (including phenoxy) is 1. The van der Waals surface area contributed by atoms with Crippen LogP contribution in [0.4, 0.5) is 5.69 Å². The monoisotopic (exact) mass is 315 g/mol. The smallest absolute Gasteiger partial charge is 0.374 e. The highest BCUT2D eigenvalue weighted by atomic mass is 16.6. The summed E-state index contributed by atoms with van der Waals surface area (Å²) < 4.78 is 10.1. The van der Waals surface area contributed by atoms with Crippen molar-refractivity contribution >= 4 is 17.6 Å². The number of benzene rings is 1. The molecular weight excluding hydrogens is 294 g/mol. The molecular formula is C18H21NO4. The molecule has 2 rings (SSSR count). The number of rotatable bonds is 6. The molecule has 122 valence electrons. The topological polar surface area (TPSA) is 68.5 Å². The first-order valence-corrected chi connectivity index (χ1v) is 7.67. The minimum Gasteiger partial charge on any atom is -0.457 e. The van der Waals surface area contributed by atoms with Crippen molar-refractivity contribution in [1.29, 1.82) is 0 Å². The molecule has 0 saturated carbocycles. The lowest BCUT2D eigenvalue weighted by molar-refractivity contribution is -0.123. The first-order valence-electron chi connectivity index (χ1n) is 7.67. The van der Waals surface area contributed by atoms with Gasteiger partial charge in [-0.2, -0.15) is 0 Å². The maximum Gasteiger partial charge on any atom is 0.374 e. The lowest BCUT2D eigenvalue weighted by Crippen LogP contribution is -2.30. The van der Waals surface area contributed by atoms with Crippen LogP contribution in [0.1, 0.15) is 49.2 Å². The van der Waals surface area contributed by atoms with Gasteiger partial charge < -0.3 is 14.5 Å². The van der Waals surface area contributed by atoms with Crippen LogP contribution in [0.25, 0.3) is 0 Å². The number of amides is 1. The van der Waals surface area contributed by atoms with Crippen molar-refractivity contribution in [2.24, 2.45) is 0 Å². The zero-order valence-corrected chi connectivity index (χ0v) is 13.5. The molecule has 1 aromatic heterocycles. The molecule has 5 heteroatoms. The third-order valence-electron chi connectivity index (χ3n) is 3.74. The summed E-state index contributed by atoms with van der Waals surface area (Å²) in [6, 6.07) is 10.7. The zero-order chi connectivity index (χ0) is 16.8. The normalized spacial score (nSPS) is 13.2. The lowest BCUT2D eigenvalue weighted by atomic mass is 9.97. The molecule has 0 bridgehead atoms. The van der Waals surface area contributed by atoms with Crippen molar-refractivity contribution in [2.75, 3.05) is 5.32 Å². The molecule has 0 aliphatic rings. The fourth-order valence-electron chi connectivity index (χ4n) is 2.16. The molecule has 1 heterocycles. The molecule has 0 radical (unpaired) electrons. The quantitative estimate of drug-likeness (QED) is 0.819. The Morgan fingerprint density at radius 1 is 1.17 bits per heavy atom. The molecule has 5 nitrogen and oxygen atoms in total. The van der Waals surface area contributed by atoms with E-state index in [9.17, 15) is 9.59 Å². The molecule has 23 heavy (non-hydrogen) atoms. The molecule has 0 fully saturated rings. The lowest BCUT2D eigenvalue weighted by Gasteiger charge is -2.17. The Bertz CT molecular complexity index is 663. The number of carbonyl (C=O) groups excluding carboxylic acids is 2. The number of anilines is 1. The summed E-state index contributed by atoms with van der Waals surface area (Å²) in [7, 11) is 0. The van der Waals surface area contributed by atoms with Crippen molar-refractivity contribution in [2.45, 2.75) is 39.2 Å². The van der Waals surface area contributed by atoms with Gasteiger partial charge in [-0.05, 0) is 43.0 Å². The number of furan rings is 1. The van der Waals surface area contributed by atoms with Gasteiger partial charge in [0.2, 0.25) is 5.76 Å². The Labute approximate surface area is 135 Å². The molecule has 0 aliphatic heterocycles. The number of hydrogen-bond donors (Lipinski definition) is 1. The van der Waals surface area contributed by atoms with Gasteiger partial charge in [-0.3, -0.25) is 4.79 Å². The van der Waals surface area contributed by atoms with Crippen LogP contribution < -0.4 is 5.32 Å². The Balaban J connectivity index is 2.03. The molecule has 1 amide bonds. The van der Waals surface area contributed by atoms with Crippen LogP contribution >= 0.6 is 0 Å². The summed E-state index contributed by atoms with van der Waals surface area (Å²) in [5.41, 5.74) is 1.81. The fraction of sp³-hybridized carbons (Fsp3) is 0.333. The molecule has 0 spiro atoms. The SMILES string of the molecule is CC[C@H](C)c1ccccc1NC(=O)[C@H](C)OC(=O)c1ccco1. The molecule has 2 atom stereocenters. The van der Waals surface area contributed by atoms with Gasteiger partial charge in [0.15, 0.2) is 6.10 Å². The first-order chi connectivity index (χ1) is 11.0. The van der Waals surface area contributed by atoms with Crippen molar-refractivity contribution in [3.8, 4) is 0 Å². The first kappa shape index (κ1) is 16.8. The third-order valence-corrected chi connectivity index (χ3v) is 3.74. The summed E-state index contributed by atoms with van der Waals surface area (Å²) in [6.45, 7) is 5.73. The minimum absolute atomic E-state index is 0.0738. The van der Waals surface area contributed by atoms with Crippen LogP contribution in [0.5, 0.6) is 0 Å². The van der Waals surface area contributed by atoms with Gasteiger partial charge in [-0.25, -0.2) is 4.79 Å². The number of esters is 1. The predicted molar refractivity (Wildman–Crippen MR) is 87.4 cm³/mol.